The van der Waals surface area contributed by atoms with Crippen molar-refractivity contribution in [3.05, 3.63) is 53.3 Å². The van der Waals surface area contributed by atoms with Crippen LogP contribution in [0.15, 0.2) is 36.7 Å². The number of likely N-dealkylation sites (tertiary alicyclic amines) is 1. The van der Waals surface area contributed by atoms with Crippen LogP contribution in [0.25, 0.3) is 0 Å². The summed E-state index contributed by atoms with van der Waals surface area (Å²) in [6.45, 7) is 6.28. The van der Waals surface area contributed by atoms with Crippen LogP contribution in [0.3, 0.4) is 0 Å². The first-order valence-electron chi connectivity index (χ1n) is 11.2. The predicted molar refractivity (Wildman–Crippen MR) is 117 cm³/mol. The Balaban J connectivity index is 1.47. The van der Waals surface area contributed by atoms with E-state index in [4.69, 9.17) is 4.74 Å². The highest BCUT2D eigenvalue weighted by Crippen LogP contribution is 2.38. The number of nitrogens with one attached hydrogen (secondary N) is 1. The Morgan fingerprint density at radius 2 is 2.03 bits per heavy atom. The van der Waals surface area contributed by atoms with Gasteiger partial charge in [-0.2, -0.15) is 5.10 Å². The number of carbonyl (C=O) groups excluding carboxylic acids is 1. The second-order valence-electron chi connectivity index (χ2n) is 8.95. The number of methoxy groups -OCH3 is 1. The van der Waals surface area contributed by atoms with Crippen molar-refractivity contribution >= 4 is 5.91 Å². The number of ether oxygens (including phenoxy) is 1. The SMILES string of the molecule is COCCN1C(=O)C[C@@H](CN[C@@H]2CCc3ccccc3C2)[C@@H]1c1cnn(C(C)C)c1. The molecule has 0 spiro atoms. The van der Waals surface area contributed by atoms with E-state index in [9.17, 15) is 4.79 Å². The largest absolute Gasteiger partial charge is 0.383 e. The minimum absolute atomic E-state index is 0.0588. The van der Waals surface area contributed by atoms with E-state index in [1.54, 1.807) is 7.11 Å². The lowest BCUT2D eigenvalue weighted by Crippen LogP contribution is -2.39. The minimum Gasteiger partial charge on any atom is -0.383 e. The van der Waals surface area contributed by atoms with Crippen molar-refractivity contribution in [2.24, 2.45) is 5.92 Å². The number of amides is 1. The molecule has 6 nitrogen and oxygen atoms in total. The Hall–Kier alpha value is -2.18. The smallest absolute Gasteiger partial charge is 0.223 e. The number of rotatable bonds is 8. The molecule has 2 aromatic rings. The van der Waals surface area contributed by atoms with E-state index in [-0.39, 0.29) is 17.9 Å². The molecule has 0 unspecified atom stereocenters. The molecule has 0 bridgehead atoms. The van der Waals surface area contributed by atoms with Gasteiger partial charge in [0.2, 0.25) is 5.91 Å². The maximum Gasteiger partial charge on any atom is 0.223 e. The molecule has 1 saturated heterocycles. The van der Waals surface area contributed by atoms with Crippen LogP contribution < -0.4 is 5.32 Å². The minimum atomic E-state index is 0.0588. The first-order valence-corrected chi connectivity index (χ1v) is 11.2. The van der Waals surface area contributed by atoms with Crippen molar-refractivity contribution < 1.29 is 9.53 Å². The number of benzene rings is 1. The molecule has 162 valence electrons. The van der Waals surface area contributed by atoms with Crippen LogP contribution in [0.1, 0.15) is 55.5 Å². The van der Waals surface area contributed by atoms with Crippen molar-refractivity contribution in [2.45, 2.75) is 57.7 Å². The molecule has 30 heavy (non-hydrogen) atoms. The van der Waals surface area contributed by atoms with Gasteiger partial charge in [0.15, 0.2) is 0 Å². The Morgan fingerprint density at radius 3 is 2.77 bits per heavy atom. The molecule has 4 rings (SSSR count). The van der Waals surface area contributed by atoms with Crippen molar-refractivity contribution in [3.8, 4) is 0 Å². The molecular weight excluding hydrogens is 376 g/mol. The fraction of sp³-hybridized carbons (Fsp3) is 0.583. The summed E-state index contributed by atoms with van der Waals surface area (Å²) in [6.07, 6.45) is 7.98. The quantitative estimate of drug-likeness (QED) is 0.726. The molecule has 1 aromatic heterocycles. The molecule has 2 heterocycles. The molecule has 0 saturated carbocycles. The van der Waals surface area contributed by atoms with E-state index in [2.05, 4.69) is 54.7 Å². The summed E-state index contributed by atoms with van der Waals surface area (Å²) in [6, 6.07) is 9.60. The third-order valence-corrected chi connectivity index (χ3v) is 6.58. The highest BCUT2D eigenvalue weighted by atomic mass is 16.5. The molecule has 2 aliphatic rings. The average molecular weight is 411 g/mol. The molecule has 1 aliphatic carbocycles. The summed E-state index contributed by atoms with van der Waals surface area (Å²) in [5, 5.41) is 8.33. The number of aryl methyl sites for hydroxylation is 1. The Kier molecular flexibility index (Phi) is 6.54. The van der Waals surface area contributed by atoms with Crippen molar-refractivity contribution in [3.63, 3.8) is 0 Å². The van der Waals surface area contributed by atoms with Gasteiger partial charge in [-0.3, -0.25) is 9.48 Å². The molecule has 1 fully saturated rings. The Bertz CT molecular complexity index is 862. The van der Waals surface area contributed by atoms with Crippen LogP contribution in [-0.2, 0) is 22.4 Å². The highest BCUT2D eigenvalue weighted by Gasteiger charge is 2.41. The zero-order chi connectivity index (χ0) is 21.1. The van der Waals surface area contributed by atoms with Gasteiger partial charge in [-0.05, 0) is 44.2 Å². The molecule has 0 radical (unpaired) electrons. The molecular formula is C24H34N4O2. The van der Waals surface area contributed by atoms with Gasteiger partial charge in [0.25, 0.3) is 0 Å². The van der Waals surface area contributed by atoms with Gasteiger partial charge in [0.05, 0.1) is 18.8 Å². The van der Waals surface area contributed by atoms with Gasteiger partial charge in [-0.15, -0.1) is 0 Å². The number of fused-ring (bicyclic) bond motifs is 1. The lowest BCUT2D eigenvalue weighted by atomic mass is 9.87. The Morgan fingerprint density at radius 1 is 1.23 bits per heavy atom. The van der Waals surface area contributed by atoms with Gasteiger partial charge in [0, 0.05) is 56.4 Å². The van der Waals surface area contributed by atoms with Gasteiger partial charge in [-0.1, -0.05) is 24.3 Å². The third kappa shape index (κ3) is 4.44. The summed E-state index contributed by atoms with van der Waals surface area (Å²) in [7, 11) is 1.69. The maximum atomic E-state index is 12.8. The van der Waals surface area contributed by atoms with Gasteiger partial charge >= 0.3 is 0 Å². The van der Waals surface area contributed by atoms with E-state index in [1.807, 2.05) is 15.8 Å². The summed E-state index contributed by atoms with van der Waals surface area (Å²) >= 11 is 0. The van der Waals surface area contributed by atoms with Crippen LogP contribution in [0.4, 0.5) is 0 Å². The number of hydrogen-bond acceptors (Lipinski definition) is 4. The van der Waals surface area contributed by atoms with E-state index in [0.717, 1.165) is 31.4 Å². The van der Waals surface area contributed by atoms with Crippen molar-refractivity contribution in [1.29, 1.82) is 0 Å². The summed E-state index contributed by atoms with van der Waals surface area (Å²) in [4.78, 5) is 14.8. The number of hydrogen-bond donors (Lipinski definition) is 1. The van der Waals surface area contributed by atoms with Gasteiger partial charge in [0.1, 0.15) is 0 Å². The molecule has 1 aromatic carbocycles. The predicted octanol–water partition coefficient (Wildman–Crippen LogP) is 3.15. The Labute approximate surface area is 179 Å². The normalized spacial score (nSPS) is 23.9. The molecule has 1 aliphatic heterocycles. The van der Waals surface area contributed by atoms with Crippen molar-refractivity contribution in [2.75, 3.05) is 26.8 Å². The fourth-order valence-electron chi connectivity index (χ4n) is 4.93. The van der Waals surface area contributed by atoms with Crippen LogP contribution in [0, 0.1) is 5.92 Å². The highest BCUT2D eigenvalue weighted by molar-refractivity contribution is 5.79. The monoisotopic (exact) mass is 410 g/mol. The summed E-state index contributed by atoms with van der Waals surface area (Å²) < 4.78 is 7.25. The molecule has 3 atom stereocenters. The number of aromatic nitrogens is 2. The maximum absolute atomic E-state index is 12.8. The second-order valence-corrected chi connectivity index (χ2v) is 8.95. The number of nitrogens with zero attached hydrogens (tertiary/aromatic N) is 3. The lowest BCUT2D eigenvalue weighted by molar-refractivity contribution is -0.129. The molecule has 6 heteroatoms. The third-order valence-electron chi connectivity index (χ3n) is 6.58. The van der Waals surface area contributed by atoms with E-state index < -0.39 is 0 Å². The van der Waals surface area contributed by atoms with E-state index in [0.29, 0.717) is 31.7 Å². The first kappa shape index (κ1) is 21.1. The lowest BCUT2D eigenvalue weighted by Gasteiger charge is -2.30. The average Bonchev–Trinajstić information content (AvgIpc) is 3.35. The van der Waals surface area contributed by atoms with Crippen LogP contribution in [-0.4, -0.2) is 53.4 Å². The second kappa shape index (κ2) is 9.31. The van der Waals surface area contributed by atoms with E-state index in [1.165, 1.54) is 11.1 Å². The first-order chi connectivity index (χ1) is 14.6. The van der Waals surface area contributed by atoms with E-state index >= 15 is 0 Å². The fourth-order valence-corrected chi connectivity index (χ4v) is 4.93. The molecule has 1 amide bonds. The standard InChI is InChI=1S/C24H34N4O2/c1-17(2)28-16-21(15-26-28)24-20(13-23(29)27(24)10-11-30-3)14-25-22-9-8-18-6-4-5-7-19(18)12-22/h4-7,15-17,20,22,24-25H,8-14H2,1-3H3/t20-,22+,24+/m0/s1. The van der Waals surface area contributed by atoms with Crippen LogP contribution >= 0.6 is 0 Å². The zero-order valence-electron chi connectivity index (χ0n) is 18.4. The van der Waals surface area contributed by atoms with Gasteiger partial charge < -0.3 is 15.0 Å². The van der Waals surface area contributed by atoms with Crippen LogP contribution in [0.5, 0.6) is 0 Å². The van der Waals surface area contributed by atoms with Crippen LogP contribution in [0.2, 0.25) is 0 Å². The number of carbonyl (C=O) groups is 1. The molecule has 1 N–H and O–H groups in total. The van der Waals surface area contributed by atoms with Gasteiger partial charge in [-0.25, -0.2) is 0 Å². The summed E-state index contributed by atoms with van der Waals surface area (Å²) in [5.41, 5.74) is 4.07. The zero-order valence-corrected chi connectivity index (χ0v) is 18.4. The van der Waals surface area contributed by atoms with Crippen molar-refractivity contribution in [1.82, 2.24) is 20.0 Å². The topological polar surface area (TPSA) is 59.4 Å². The summed E-state index contributed by atoms with van der Waals surface area (Å²) in [5.74, 6) is 0.464.